The van der Waals surface area contributed by atoms with Crippen LogP contribution < -0.4 is 10.9 Å². The van der Waals surface area contributed by atoms with E-state index in [0.717, 1.165) is 0 Å². The maximum Gasteiger partial charge on any atom is 0.262 e. The van der Waals surface area contributed by atoms with Crippen molar-refractivity contribution in [2.75, 3.05) is 20.3 Å². The molecule has 2 rings (SSSR count). The zero-order valence-electron chi connectivity index (χ0n) is 10.8. The average molecular weight is 265 g/mol. The van der Waals surface area contributed by atoms with E-state index in [2.05, 4.69) is 15.3 Å². The van der Waals surface area contributed by atoms with Gasteiger partial charge >= 0.3 is 0 Å². The van der Waals surface area contributed by atoms with Gasteiger partial charge in [-0.15, -0.1) is 0 Å². The van der Waals surface area contributed by atoms with Crippen LogP contribution in [0.5, 0.6) is 0 Å². The Kier molecular flexibility index (Phi) is 3.96. The molecule has 0 aliphatic rings. The van der Waals surface area contributed by atoms with Crippen molar-refractivity contribution in [1.82, 2.24) is 15.3 Å². The SMILES string of the molecule is COCCCNC(=O)c1c(C)oc2nc[nH]c(=O)c12. The summed E-state index contributed by atoms with van der Waals surface area (Å²) in [7, 11) is 1.60. The molecule has 0 saturated carbocycles. The van der Waals surface area contributed by atoms with Crippen molar-refractivity contribution in [3.05, 3.63) is 28.0 Å². The monoisotopic (exact) mass is 265 g/mol. The van der Waals surface area contributed by atoms with Crippen LogP contribution in [0, 0.1) is 6.92 Å². The first kappa shape index (κ1) is 13.3. The van der Waals surface area contributed by atoms with E-state index >= 15 is 0 Å². The number of ether oxygens (including phenoxy) is 1. The highest BCUT2D eigenvalue weighted by Crippen LogP contribution is 2.19. The van der Waals surface area contributed by atoms with Crippen molar-refractivity contribution in [1.29, 1.82) is 0 Å². The van der Waals surface area contributed by atoms with Crippen LogP contribution in [0.25, 0.3) is 11.1 Å². The van der Waals surface area contributed by atoms with E-state index < -0.39 is 0 Å². The molecule has 0 aliphatic heterocycles. The second-order valence-electron chi connectivity index (χ2n) is 4.05. The Labute approximate surface area is 109 Å². The maximum absolute atomic E-state index is 12.1. The number of hydrogen-bond donors (Lipinski definition) is 2. The van der Waals surface area contributed by atoms with Gasteiger partial charge in [0.15, 0.2) is 0 Å². The minimum Gasteiger partial charge on any atom is -0.442 e. The number of aryl methyl sites for hydroxylation is 1. The van der Waals surface area contributed by atoms with Gasteiger partial charge in [0.05, 0.1) is 11.9 Å². The Morgan fingerprint density at radius 2 is 2.37 bits per heavy atom. The standard InChI is InChI=1S/C12H15N3O4/c1-7-8(10(16)13-4-3-5-18-2)9-11(17)14-6-15-12(9)19-7/h6H,3-5H2,1-2H3,(H,13,16)(H,14,15,17). The Hall–Kier alpha value is -2.15. The number of fused-ring (bicyclic) bond motifs is 1. The molecule has 0 aromatic carbocycles. The molecule has 0 radical (unpaired) electrons. The lowest BCUT2D eigenvalue weighted by Crippen LogP contribution is -2.26. The summed E-state index contributed by atoms with van der Waals surface area (Å²) < 4.78 is 10.2. The van der Waals surface area contributed by atoms with E-state index in [1.807, 2.05) is 0 Å². The smallest absolute Gasteiger partial charge is 0.262 e. The van der Waals surface area contributed by atoms with Crippen LogP contribution in [-0.4, -0.2) is 36.1 Å². The molecule has 1 amide bonds. The number of rotatable bonds is 5. The average Bonchev–Trinajstić information content (AvgIpc) is 2.72. The second-order valence-corrected chi connectivity index (χ2v) is 4.05. The number of carbonyl (C=O) groups excluding carboxylic acids is 1. The van der Waals surface area contributed by atoms with Gasteiger partial charge < -0.3 is 19.5 Å². The quantitative estimate of drug-likeness (QED) is 0.771. The number of furan rings is 1. The largest absolute Gasteiger partial charge is 0.442 e. The van der Waals surface area contributed by atoms with Crippen molar-refractivity contribution in [3.63, 3.8) is 0 Å². The molecule has 19 heavy (non-hydrogen) atoms. The van der Waals surface area contributed by atoms with E-state index in [1.165, 1.54) is 6.33 Å². The first-order chi connectivity index (χ1) is 9.15. The minimum atomic E-state index is -0.385. The Balaban J connectivity index is 2.26. The van der Waals surface area contributed by atoms with Crippen LogP contribution in [-0.2, 0) is 4.74 Å². The van der Waals surface area contributed by atoms with Crippen LogP contribution in [0.1, 0.15) is 22.5 Å². The third-order valence-corrected chi connectivity index (χ3v) is 2.71. The van der Waals surface area contributed by atoms with Gasteiger partial charge in [-0.3, -0.25) is 9.59 Å². The van der Waals surface area contributed by atoms with Crippen molar-refractivity contribution in [2.45, 2.75) is 13.3 Å². The molecule has 0 unspecified atom stereocenters. The van der Waals surface area contributed by atoms with Crippen molar-refractivity contribution in [2.24, 2.45) is 0 Å². The fourth-order valence-corrected chi connectivity index (χ4v) is 1.83. The van der Waals surface area contributed by atoms with E-state index in [4.69, 9.17) is 9.15 Å². The van der Waals surface area contributed by atoms with Crippen molar-refractivity contribution in [3.8, 4) is 0 Å². The number of aromatic nitrogens is 2. The molecule has 2 heterocycles. The second kappa shape index (κ2) is 5.66. The van der Waals surface area contributed by atoms with Crippen molar-refractivity contribution < 1.29 is 13.9 Å². The summed E-state index contributed by atoms with van der Waals surface area (Å²) in [6.07, 6.45) is 1.94. The topological polar surface area (TPSA) is 97.2 Å². The summed E-state index contributed by atoms with van der Waals surface area (Å²) in [6.45, 7) is 2.66. The Morgan fingerprint density at radius 1 is 1.58 bits per heavy atom. The molecule has 2 aromatic heterocycles. The Bertz CT molecular complexity index is 644. The molecule has 102 valence electrons. The fourth-order valence-electron chi connectivity index (χ4n) is 1.83. The molecule has 2 N–H and O–H groups in total. The van der Waals surface area contributed by atoms with E-state index in [-0.39, 0.29) is 28.1 Å². The number of nitrogens with zero attached hydrogens (tertiary/aromatic N) is 1. The number of hydrogen-bond acceptors (Lipinski definition) is 5. The Morgan fingerprint density at radius 3 is 3.11 bits per heavy atom. The van der Waals surface area contributed by atoms with Gasteiger partial charge in [0.25, 0.3) is 11.5 Å². The van der Waals surface area contributed by atoms with Crippen LogP contribution in [0.15, 0.2) is 15.5 Å². The summed E-state index contributed by atoms with van der Waals surface area (Å²) in [5.74, 6) is 0.0364. The summed E-state index contributed by atoms with van der Waals surface area (Å²) >= 11 is 0. The first-order valence-corrected chi connectivity index (χ1v) is 5.89. The molecular formula is C12H15N3O4. The summed E-state index contributed by atoms with van der Waals surface area (Å²) in [5.41, 5.74) is 0.0222. The number of aromatic amines is 1. The molecule has 0 spiro atoms. The number of methoxy groups -OCH3 is 1. The van der Waals surface area contributed by atoms with Gasteiger partial charge in [-0.25, -0.2) is 4.98 Å². The summed E-state index contributed by atoms with van der Waals surface area (Å²) in [6, 6.07) is 0. The lowest BCUT2D eigenvalue weighted by atomic mass is 10.2. The van der Waals surface area contributed by atoms with E-state index in [9.17, 15) is 9.59 Å². The number of nitrogens with one attached hydrogen (secondary N) is 2. The van der Waals surface area contributed by atoms with Gasteiger partial charge in [-0.1, -0.05) is 0 Å². The normalized spacial score (nSPS) is 10.8. The predicted molar refractivity (Wildman–Crippen MR) is 68.2 cm³/mol. The van der Waals surface area contributed by atoms with Gasteiger partial charge in [0, 0.05) is 20.3 Å². The lowest BCUT2D eigenvalue weighted by molar-refractivity contribution is 0.0948. The molecule has 0 saturated heterocycles. The predicted octanol–water partition coefficient (Wildman–Crippen LogP) is 0.591. The molecule has 0 fully saturated rings. The van der Waals surface area contributed by atoms with Gasteiger partial charge in [-0.2, -0.15) is 0 Å². The molecule has 7 heteroatoms. The molecule has 0 aliphatic carbocycles. The molecule has 7 nitrogen and oxygen atoms in total. The van der Waals surface area contributed by atoms with Gasteiger partial charge in [-0.05, 0) is 13.3 Å². The summed E-state index contributed by atoms with van der Waals surface area (Å²) in [4.78, 5) is 30.1. The lowest BCUT2D eigenvalue weighted by Gasteiger charge is -2.03. The molecule has 0 bridgehead atoms. The van der Waals surface area contributed by atoms with E-state index in [0.29, 0.717) is 25.3 Å². The zero-order chi connectivity index (χ0) is 13.8. The van der Waals surface area contributed by atoms with Gasteiger partial charge in [0.1, 0.15) is 11.1 Å². The van der Waals surface area contributed by atoms with E-state index in [1.54, 1.807) is 14.0 Å². The fraction of sp³-hybridized carbons (Fsp3) is 0.417. The summed E-state index contributed by atoms with van der Waals surface area (Å²) in [5, 5.41) is 2.91. The number of H-pyrrole nitrogens is 1. The number of amides is 1. The zero-order valence-corrected chi connectivity index (χ0v) is 10.8. The van der Waals surface area contributed by atoms with Crippen LogP contribution in [0.2, 0.25) is 0 Å². The maximum atomic E-state index is 12.1. The molecule has 0 atom stereocenters. The highest BCUT2D eigenvalue weighted by atomic mass is 16.5. The molecule has 2 aromatic rings. The molecular weight excluding hydrogens is 250 g/mol. The van der Waals surface area contributed by atoms with Gasteiger partial charge in [0.2, 0.25) is 5.71 Å². The van der Waals surface area contributed by atoms with Crippen LogP contribution >= 0.6 is 0 Å². The van der Waals surface area contributed by atoms with Crippen LogP contribution in [0.3, 0.4) is 0 Å². The van der Waals surface area contributed by atoms with Crippen LogP contribution in [0.4, 0.5) is 0 Å². The first-order valence-electron chi connectivity index (χ1n) is 5.89. The highest BCUT2D eigenvalue weighted by molar-refractivity contribution is 6.06. The minimum absolute atomic E-state index is 0.170. The highest BCUT2D eigenvalue weighted by Gasteiger charge is 2.21. The number of carbonyl (C=O) groups is 1. The third kappa shape index (κ3) is 2.65. The third-order valence-electron chi connectivity index (χ3n) is 2.71. The van der Waals surface area contributed by atoms with Crippen molar-refractivity contribution >= 4 is 17.0 Å².